The largest absolute Gasteiger partial charge is 0.460 e. The number of nitrogens with one attached hydrogen (secondary N) is 1. The third-order valence-electron chi connectivity index (χ3n) is 9.06. The molecule has 0 aliphatic carbocycles. The van der Waals surface area contributed by atoms with Crippen LogP contribution in [0.5, 0.6) is 0 Å². The fraction of sp³-hybridized carbons (Fsp3) is 0.576. The molecule has 10 nitrogen and oxygen atoms in total. The van der Waals surface area contributed by atoms with Gasteiger partial charge in [0, 0.05) is 17.8 Å². The Morgan fingerprint density at radius 2 is 2.00 bits per heavy atom. The predicted octanol–water partition coefficient (Wildman–Crippen LogP) is 3.95. The molecule has 12 heteroatoms. The van der Waals surface area contributed by atoms with E-state index in [1.165, 1.54) is 9.80 Å². The number of para-hydroxylation sites is 1. The fourth-order valence-electron chi connectivity index (χ4n) is 7.02. The lowest BCUT2D eigenvalue weighted by atomic mass is 9.70. The summed E-state index contributed by atoms with van der Waals surface area (Å²) in [6.45, 7) is 14.5. The molecule has 0 saturated carbocycles. The maximum absolute atomic E-state index is 14.8. The van der Waals surface area contributed by atoms with Crippen LogP contribution in [0.2, 0.25) is 5.02 Å². The number of likely N-dealkylation sites (tertiary alicyclic amines) is 1. The third-order valence-corrected chi connectivity index (χ3v) is 10.2. The number of hydrogen-bond acceptors (Lipinski definition) is 7. The van der Waals surface area contributed by atoms with Gasteiger partial charge in [0.2, 0.25) is 11.8 Å². The van der Waals surface area contributed by atoms with E-state index in [-0.39, 0.29) is 42.8 Å². The molecule has 2 N–H and O–H groups in total. The van der Waals surface area contributed by atoms with Gasteiger partial charge in [0.05, 0.1) is 47.8 Å². The van der Waals surface area contributed by atoms with Crippen LogP contribution in [-0.4, -0.2) is 88.1 Å². The van der Waals surface area contributed by atoms with Crippen molar-refractivity contribution in [2.75, 3.05) is 24.6 Å². The second-order valence-corrected chi connectivity index (χ2v) is 14.0. The smallest absolute Gasteiger partial charge is 0.312 e. The summed E-state index contributed by atoms with van der Waals surface area (Å²) in [6, 6.07) is 3.45. The topological polar surface area (TPSA) is 125 Å². The average Bonchev–Trinajstić information content (AvgIpc) is 3.57. The molecule has 3 fully saturated rings. The molecule has 3 heterocycles. The van der Waals surface area contributed by atoms with E-state index in [9.17, 15) is 24.3 Å². The standard InChI is InChI=1S/C33H43BrClN3O7/c1-7-9-13-24(40)36-16-20(6)44-32(43)25-26-30(41)38(23(17-39)18(3)4)29(33(26)15-21(34)28(25)45-33)31(42)37(14-8-2)27-19(5)11-10-12-22(27)35/h7-8,10-12,18,20-21,23,25-26,28-29,39H,1-2,9,13-17H2,3-6H3,(H,36,40)/t20-,21?,23+,25-,26+,28-,29-,33+/m1/s1. The second-order valence-electron chi connectivity index (χ2n) is 12.4. The van der Waals surface area contributed by atoms with E-state index in [0.717, 1.165) is 5.56 Å². The Hall–Kier alpha value is -2.73. The van der Waals surface area contributed by atoms with Gasteiger partial charge in [-0.3, -0.25) is 19.2 Å². The van der Waals surface area contributed by atoms with E-state index in [2.05, 4.69) is 34.4 Å². The number of amides is 3. The number of carbonyl (C=O) groups is 4. The Labute approximate surface area is 278 Å². The van der Waals surface area contributed by atoms with Crippen LogP contribution >= 0.6 is 27.5 Å². The van der Waals surface area contributed by atoms with E-state index in [4.69, 9.17) is 21.1 Å². The van der Waals surface area contributed by atoms with Crippen LogP contribution in [-0.2, 0) is 28.7 Å². The van der Waals surface area contributed by atoms with E-state index in [1.807, 2.05) is 26.8 Å². The maximum atomic E-state index is 14.8. The SMILES string of the molecule is C=CCCC(=O)NC[C@@H](C)OC(=O)[C@H]1[C@@H]2O[C@@]3(CC2Br)[C@@H]1C(=O)N([C@@H](CO)C(C)C)[C@@H]3C(=O)N(CC=C)c1c(C)cccc1Cl. The molecule has 1 spiro atoms. The number of aryl methyl sites for hydroxylation is 1. The van der Waals surface area contributed by atoms with Crippen LogP contribution < -0.4 is 10.2 Å². The van der Waals surface area contributed by atoms with E-state index < -0.39 is 59.5 Å². The Morgan fingerprint density at radius 3 is 2.60 bits per heavy atom. The van der Waals surface area contributed by atoms with Gasteiger partial charge in [-0.15, -0.1) is 13.2 Å². The number of aliphatic hydroxyl groups is 1. The van der Waals surface area contributed by atoms with Crippen molar-refractivity contribution in [1.29, 1.82) is 0 Å². The number of aliphatic hydroxyl groups excluding tert-OH is 1. The molecule has 8 atom stereocenters. The highest BCUT2D eigenvalue weighted by Crippen LogP contribution is 2.61. The number of carbonyl (C=O) groups excluding carboxylic acids is 4. The van der Waals surface area contributed by atoms with Crippen molar-refractivity contribution in [3.63, 3.8) is 0 Å². The number of allylic oxidation sites excluding steroid dienone is 1. The van der Waals surface area contributed by atoms with Crippen LogP contribution in [0, 0.1) is 24.7 Å². The minimum absolute atomic E-state index is 0.0995. The summed E-state index contributed by atoms with van der Waals surface area (Å²) in [5, 5.41) is 13.6. The number of benzene rings is 1. The van der Waals surface area contributed by atoms with Gasteiger partial charge in [-0.1, -0.05) is 65.7 Å². The summed E-state index contributed by atoms with van der Waals surface area (Å²) < 4.78 is 12.4. The number of rotatable bonds is 14. The first-order chi connectivity index (χ1) is 21.3. The molecule has 0 aromatic heterocycles. The first kappa shape index (κ1) is 35.1. The van der Waals surface area contributed by atoms with Crippen LogP contribution in [0.4, 0.5) is 5.69 Å². The number of alkyl halides is 1. The molecule has 4 rings (SSSR count). The van der Waals surface area contributed by atoms with Gasteiger partial charge in [-0.05, 0) is 44.2 Å². The third kappa shape index (κ3) is 6.46. The minimum atomic E-state index is -1.37. The van der Waals surface area contributed by atoms with Crippen LogP contribution in [0.1, 0.15) is 45.6 Å². The van der Waals surface area contributed by atoms with Gasteiger partial charge in [-0.25, -0.2) is 0 Å². The number of ether oxygens (including phenoxy) is 2. The van der Waals surface area contributed by atoms with Crippen molar-refractivity contribution < 1.29 is 33.8 Å². The predicted molar refractivity (Wildman–Crippen MR) is 175 cm³/mol. The van der Waals surface area contributed by atoms with E-state index in [1.54, 1.807) is 31.2 Å². The second kappa shape index (κ2) is 14.4. The van der Waals surface area contributed by atoms with Gasteiger partial charge in [0.15, 0.2) is 0 Å². The van der Waals surface area contributed by atoms with Crippen molar-refractivity contribution in [3.8, 4) is 0 Å². The van der Waals surface area contributed by atoms with Crippen molar-refractivity contribution in [3.05, 3.63) is 54.1 Å². The van der Waals surface area contributed by atoms with Gasteiger partial charge in [0.1, 0.15) is 17.7 Å². The van der Waals surface area contributed by atoms with Crippen molar-refractivity contribution in [2.24, 2.45) is 17.8 Å². The Kier molecular flexibility index (Phi) is 11.2. The zero-order chi connectivity index (χ0) is 33.2. The first-order valence-electron chi connectivity index (χ1n) is 15.3. The number of fused-ring (bicyclic) bond motifs is 1. The maximum Gasteiger partial charge on any atom is 0.312 e. The lowest BCUT2D eigenvalue weighted by Gasteiger charge is -2.40. The normalized spacial score (nSPS) is 28.0. The monoisotopic (exact) mass is 707 g/mol. The molecule has 2 bridgehead atoms. The summed E-state index contributed by atoms with van der Waals surface area (Å²) in [7, 11) is 0. The quantitative estimate of drug-likeness (QED) is 0.170. The van der Waals surface area contributed by atoms with Crippen molar-refractivity contribution in [1.82, 2.24) is 10.2 Å². The number of esters is 1. The Bertz CT molecular complexity index is 1320. The molecule has 3 aliphatic rings. The molecule has 0 radical (unpaired) electrons. The lowest BCUT2D eigenvalue weighted by molar-refractivity contribution is -0.159. The Balaban J connectivity index is 1.72. The fourth-order valence-corrected chi connectivity index (χ4v) is 8.29. The highest BCUT2D eigenvalue weighted by molar-refractivity contribution is 9.09. The van der Waals surface area contributed by atoms with Gasteiger partial charge >= 0.3 is 5.97 Å². The van der Waals surface area contributed by atoms with Gasteiger partial charge in [0.25, 0.3) is 5.91 Å². The minimum Gasteiger partial charge on any atom is -0.460 e. The number of nitrogens with zero attached hydrogens (tertiary/aromatic N) is 2. The Morgan fingerprint density at radius 1 is 1.29 bits per heavy atom. The zero-order valence-corrected chi connectivity index (χ0v) is 28.6. The zero-order valence-electron chi connectivity index (χ0n) is 26.2. The molecule has 3 aliphatic heterocycles. The first-order valence-corrected chi connectivity index (χ1v) is 16.6. The number of halogens is 2. The number of anilines is 1. The van der Waals surface area contributed by atoms with Crippen LogP contribution in [0.25, 0.3) is 0 Å². The molecule has 45 heavy (non-hydrogen) atoms. The summed E-state index contributed by atoms with van der Waals surface area (Å²) in [6.07, 6.45) is 2.93. The van der Waals surface area contributed by atoms with Gasteiger partial charge in [-0.2, -0.15) is 0 Å². The van der Waals surface area contributed by atoms with E-state index in [0.29, 0.717) is 23.6 Å². The molecule has 1 aromatic rings. The molecule has 3 saturated heterocycles. The highest BCUT2D eigenvalue weighted by Gasteiger charge is 2.77. The average molecular weight is 709 g/mol. The van der Waals surface area contributed by atoms with Crippen molar-refractivity contribution >= 4 is 56.9 Å². The molecular weight excluding hydrogens is 666 g/mol. The van der Waals surface area contributed by atoms with E-state index >= 15 is 0 Å². The van der Waals surface area contributed by atoms with Crippen LogP contribution in [0.3, 0.4) is 0 Å². The molecule has 3 amide bonds. The van der Waals surface area contributed by atoms with Crippen molar-refractivity contribution in [2.45, 2.75) is 81.7 Å². The summed E-state index contributed by atoms with van der Waals surface area (Å²) in [5.74, 6) is -3.94. The molecular formula is C33H43BrClN3O7. The lowest BCUT2D eigenvalue weighted by Crippen LogP contribution is -2.60. The summed E-state index contributed by atoms with van der Waals surface area (Å²) >= 11 is 10.3. The molecule has 1 unspecified atom stereocenters. The highest BCUT2D eigenvalue weighted by atomic mass is 79.9. The van der Waals surface area contributed by atoms with Gasteiger partial charge < -0.3 is 29.7 Å². The number of hydrogen-bond donors (Lipinski definition) is 2. The summed E-state index contributed by atoms with van der Waals surface area (Å²) in [4.78, 5) is 57.8. The molecule has 246 valence electrons. The molecule has 1 aromatic carbocycles. The van der Waals surface area contributed by atoms with Crippen LogP contribution in [0.15, 0.2) is 43.5 Å². The summed E-state index contributed by atoms with van der Waals surface area (Å²) in [5.41, 5.74) is -0.119.